The maximum atomic E-state index is 5.74. The third-order valence-corrected chi connectivity index (χ3v) is 6.63. The summed E-state index contributed by atoms with van der Waals surface area (Å²) in [5, 5.41) is 5.69. The number of aliphatic imine (C=N–C) groups is 1. The van der Waals surface area contributed by atoms with E-state index < -0.39 is 0 Å². The molecule has 0 saturated carbocycles. The number of nitrogens with zero attached hydrogens (tertiary/aromatic N) is 3. The first-order chi connectivity index (χ1) is 14.3. The van der Waals surface area contributed by atoms with Crippen molar-refractivity contribution in [2.75, 3.05) is 66.2 Å². The molecule has 0 aliphatic carbocycles. The lowest BCUT2D eigenvalue weighted by molar-refractivity contribution is 0.0536. The predicted molar refractivity (Wildman–Crippen MR) is 121 cm³/mol. The number of nitrogens with one attached hydrogen (secondary N) is 1. The van der Waals surface area contributed by atoms with Crippen LogP contribution < -0.4 is 5.32 Å². The topological polar surface area (TPSA) is 49.3 Å². The second-order valence-corrected chi connectivity index (χ2v) is 9.22. The van der Waals surface area contributed by atoms with E-state index in [4.69, 9.17) is 14.5 Å². The Bertz CT molecular complexity index is 596. The van der Waals surface area contributed by atoms with Crippen LogP contribution in [-0.4, -0.2) is 82.0 Å². The Labute approximate surface area is 180 Å². The fourth-order valence-corrected chi connectivity index (χ4v) is 5.01. The second kappa shape index (κ2) is 12.5. The van der Waals surface area contributed by atoms with Gasteiger partial charge in [0.05, 0.1) is 19.8 Å². The molecule has 2 unspecified atom stereocenters. The van der Waals surface area contributed by atoms with Crippen molar-refractivity contribution >= 4 is 17.3 Å². The van der Waals surface area contributed by atoms with Crippen molar-refractivity contribution in [3.8, 4) is 0 Å². The second-order valence-electron chi connectivity index (χ2n) is 8.19. The van der Waals surface area contributed by atoms with Crippen LogP contribution in [0.25, 0.3) is 0 Å². The molecule has 2 saturated heterocycles. The molecule has 0 radical (unpaired) electrons. The van der Waals surface area contributed by atoms with E-state index in [1.165, 1.54) is 30.7 Å². The van der Waals surface area contributed by atoms with Crippen molar-refractivity contribution in [3.05, 3.63) is 22.4 Å². The van der Waals surface area contributed by atoms with Gasteiger partial charge in [-0.1, -0.05) is 6.07 Å². The van der Waals surface area contributed by atoms with Gasteiger partial charge < -0.3 is 19.7 Å². The number of piperidine rings is 1. The zero-order valence-corrected chi connectivity index (χ0v) is 19.0. The van der Waals surface area contributed by atoms with E-state index in [0.717, 1.165) is 51.8 Å². The molecular formula is C22H38N4O2S. The molecule has 1 N–H and O–H groups in total. The van der Waals surface area contributed by atoms with Crippen LogP contribution in [0.1, 0.15) is 31.1 Å². The Balaban J connectivity index is 1.46. The van der Waals surface area contributed by atoms with E-state index in [1.807, 2.05) is 11.3 Å². The summed E-state index contributed by atoms with van der Waals surface area (Å²) < 4.78 is 10.8. The summed E-state index contributed by atoms with van der Waals surface area (Å²) in [6.45, 7) is 11.7. The first-order valence-corrected chi connectivity index (χ1v) is 12.0. The smallest absolute Gasteiger partial charge is 0.193 e. The van der Waals surface area contributed by atoms with Crippen LogP contribution in [0.3, 0.4) is 0 Å². The van der Waals surface area contributed by atoms with Gasteiger partial charge in [-0.05, 0) is 50.1 Å². The lowest BCUT2D eigenvalue weighted by Crippen LogP contribution is -2.41. The maximum Gasteiger partial charge on any atom is 0.193 e. The molecule has 2 aliphatic heterocycles. The van der Waals surface area contributed by atoms with Gasteiger partial charge >= 0.3 is 0 Å². The van der Waals surface area contributed by atoms with Gasteiger partial charge in [0.25, 0.3) is 0 Å². The van der Waals surface area contributed by atoms with Gasteiger partial charge in [0.15, 0.2) is 5.96 Å². The van der Waals surface area contributed by atoms with E-state index in [2.05, 4.69) is 39.6 Å². The molecule has 164 valence electrons. The summed E-state index contributed by atoms with van der Waals surface area (Å²) in [7, 11) is 1.72. The highest BCUT2D eigenvalue weighted by molar-refractivity contribution is 7.09. The molecule has 2 aliphatic rings. The van der Waals surface area contributed by atoms with Crippen LogP contribution >= 0.6 is 11.3 Å². The van der Waals surface area contributed by atoms with Crippen LogP contribution in [-0.2, 0) is 16.0 Å². The summed E-state index contributed by atoms with van der Waals surface area (Å²) in [4.78, 5) is 11.5. The Morgan fingerprint density at radius 3 is 2.97 bits per heavy atom. The number of hydrogen-bond donors (Lipinski definition) is 1. The van der Waals surface area contributed by atoms with Gasteiger partial charge in [0.2, 0.25) is 0 Å². The van der Waals surface area contributed by atoms with Crippen LogP contribution in [0, 0.1) is 11.8 Å². The Kier molecular flexibility index (Phi) is 9.73. The molecule has 7 heteroatoms. The minimum atomic E-state index is 0.590. The van der Waals surface area contributed by atoms with Gasteiger partial charge in [0.1, 0.15) is 0 Å². The van der Waals surface area contributed by atoms with Crippen molar-refractivity contribution in [1.29, 1.82) is 0 Å². The monoisotopic (exact) mass is 422 g/mol. The predicted octanol–water partition coefficient (Wildman–Crippen LogP) is 2.91. The molecule has 0 bridgehead atoms. The lowest BCUT2D eigenvalue weighted by atomic mass is 9.98. The molecule has 29 heavy (non-hydrogen) atoms. The standard InChI is InChI=1S/C22H38N4O2S/c1-3-23-22(26-10-8-20(16-26)18-28-12-11-27-2)24-14-19-6-4-9-25(15-19)17-21-7-5-13-29-21/h5,7,13,19-20H,3-4,6,8-12,14-18H2,1-2H3,(H,23,24). The Morgan fingerprint density at radius 1 is 1.24 bits per heavy atom. The summed E-state index contributed by atoms with van der Waals surface area (Å²) >= 11 is 1.86. The average molecular weight is 423 g/mol. The number of thiophene rings is 1. The molecule has 0 aromatic carbocycles. The fourth-order valence-electron chi connectivity index (χ4n) is 4.26. The van der Waals surface area contributed by atoms with Crippen molar-refractivity contribution < 1.29 is 9.47 Å². The van der Waals surface area contributed by atoms with Crippen LogP contribution in [0.15, 0.2) is 22.5 Å². The van der Waals surface area contributed by atoms with E-state index in [0.29, 0.717) is 25.0 Å². The number of ether oxygens (including phenoxy) is 2. The average Bonchev–Trinajstić information content (AvgIpc) is 3.41. The number of guanidine groups is 1. The highest BCUT2D eigenvalue weighted by atomic mass is 32.1. The highest BCUT2D eigenvalue weighted by Crippen LogP contribution is 2.21. The summed E-state index contributed by atoms with van der Waals surface area (Å²) in [5.41, 5.74) is 0. The maximum absolute atomic E-state index is 5.74. The minimum Gasteiger partial charge on any atom is -0.382 e. The molecule has 1 aromatic rings. The number of methoxy groups -OCH3 is 1. The zero-order valence-electron chi connectivity index (χ0n) is 18.1. The summed E-state index contributed by atoms with van der Waals surface area (Å²) in [6, 6.07) is 4.40. The molecule has 0 amide bonds. The van der Waals surface area contributed by atoms with E-state index >= 15 is 0 Å². The number of hydrogen-bond acceptors (Lipinski definition) is 5. The van der Waals surface area contributed by atoms with E-state index in [9.17, 15) is 0 Å². The third-order valence-electron chi connectivity index (χ3n) is 5.77. The van der Waals surface area contributed by atoms with Crippen molar-refractivity contribution in [2.45, 2.75) is 32.7 Å². The molecule has 1 aromatic heterocycles. The van der Waals surface area contributed by atoms with Crippen molar-refractivity contribution in [1.82, 2.24) is 15.1 Å². The Hall–Kier alpha value is -1.15. The molecule has 2 fully saturated rings. The van der Waals surface area contributed by atoms with Gasteiger partial charge in [0, 0.05) is 57.2 Å². The molecule has 3 rings (SSSR count). The first-order valence-electron chi connectivity index (χ1n) is 11.1. The van der Waals surface area contributed by atoms with Crippen molar-refractivity contribution in [3.63, 3.8) is 0 Å². The first kappa shape index (κ1) is 22.5. The normalized spacial score (nSPS) is 23.7. The van der Waals surface area contributed by atoms with Crippen molar-refractivity contribution in [2.24, 2.45) is 16.8 Å². The fraction of sp³-hybridized carbons (Fsp3) is 0.773. The summed E-state index contributed by atoms with van der Waals surface area (Å²) in [5.74, 6) is 2.34. The van der Waals surface area contributed by atoms with E-state index in [-0.39, 0.29) is 0 Å². The van der Waals surface area contributed by atoms with Crippen LogP contribution in [0.2, 0.25) is 0 Å². The third kappa shape index (κ3) is 7.55. The number of likely N-dealkylation sites (tertiary alicyclic amines) is 2. The minimum absolute atomic E-state index is 0.590. The van der Waals surface area contributed by atoms with Gasteiger partial charge in [-0.15, -0.1) is 11.3 Å². The van der Waals surface area contributed by atoms with Gasteiger partial charge in [-0.25, -0.2) is 0 Å². The Morgan fingerprint density at radius 2 is 2.17 bits per heavy atom. The zero-order chi connectivity index (χ0) is 20.3. The molecular weight excluding hydrogens is 384 g/mol. The SMILES string of the molecule is CCNC(=NCC1CCCN(Cc2cccs2)C1)N1CCC(COCCOC)C1. The number of rotatable bonds is 10. The van der Waals surface area contributed by atoms with E-state index in [1.54, 1.807) is 7.11 Å². The summed E-state index contributed by atoms with van der Waals surface area (Å²) in [6.07, 6.45) is 3.75. The molecule has 6 nitrogen and oxygen atoms in total. The lowest BCUT2D eigenvalue weighted by Gasteiger charge is -2.32. The highest BCUT2D eigenvalue weighted by Gasteiger charge is 2.26. The molecule has 2 atom stereocenters. The largest absolute Gasteiger partial charge is 0.382 e. The van der Waals surface area contributed by atoms with Crippen LogP contribution in [0.5, 0.6) is 0 Å². The van der Waals surface area contributed by atoms with Gasteiger partial charge in [-0.2, -0.15) is 0 Å². The van der Waals surface area contributed by atoms with Crippen LogP contribution in [0.4, 0.5) is 0 Å². The van der Waals surface area contributed by atoms with Gasteiger partial charge in [-0.3, -0.25) is 9.89 Å². The molecule has 3 heterocycles. The quantitative estimate of drug-likeness (QED) is 0.357. The molecule has 0 spiro atoms.